The van der Waals surface area contributed by atoms with Crippen molar-refractivity contribution in [2.75, 3.05) is 27.4 Å². The molecule has 0 saturated carbocycles. The minimum atomic E-state index is 0.248. The minimum absolute atomic E-state index is 0.248. The van der Waals surface area contributed by atoms with E-state index < -0.39 is 0 Å². The van der Waals surface area contributed by atoms with Crippen LogP contribution < -0.4 is 19.9 Å². The van der Waals surface area contributed by atoms with Crippen LogP contribution in [0.25, 0.3) is 0 Å². The van der Waals surface area contributed by atoms with E-state index in [1.54, 1.807) is 14.2 Å². The Hall–Kier alpha value is -2.20. The lowest BCUT2D eigenvalue weighted by molar-refractivity contribution is 0.294. The number of methoxy groups -OCH3 is 2. The first-order valence-electron chi connectivity index (χ1n) is 8.77. The quantitative estimate of drug-likeness (QED) is 0.745. The lowest BCUT2D eigenvalue weighted by Gasteiger charge is -2.19. The van der Waals surface area contributed by atoms with Crippen LogP contribution in [0.3, 0.4) is 0 Å². The van der Waals surface area contributed by atoms with Gasteiger partial charge in [-0.3, -0.25) is 0 Å². The van der Waals surface area contributed by atoms with Crippen molar-refractivity contribution in [1.29, 1.82) is 0 Å². The number of ether oxygens (including phenoxy) is 3. The van der Waals surface area contributed by atoms with Crippen molar-refractivity contribution < 1.29 is 14.2 Å². The van der Waals surface area contributed by atoms with Crippen LogP contribution in [0.1, 0.15) is 36.0 Å². The van der Waals surface area contributed by atoms with E-state index in [4.69, 9.17) is 19.9 Å². The van der Waals surface area contributed by atoms with E-state index in [-0.39, 0.29) is 5.92 Å². The SMILES string of the molecule is CCCOc1ccc(CC(CN)c2ccc(OC)cc2C)cc1OC. The molecule has 0 saturated heterocycles. The normalized spacial score (nSPS) is 11.9. The monoisotopic (exact) mass is 343 g/mol. The molecule has 0 heterocycles. The van der Waals surface area contributed by atoms with Gasteiger partial charge in [-0.15, -0.1) is 0 Å². The molecule has 0 aromatic heterocycles. The summed E-state index contributed by atoms with van der Waals surface area (Å²) in [6, 6.07) is 12.3. The van der Waals surface area contributed by atoms with Crippen LogP contribution in [-0.4, -0.2) is 27.4 Å². The molecular weight excluding hydrogens is 314 g/mol. The van der Waals surface area contributed by atoms with Crippen LogP contribution >= 0.6 is 0 Å². The zero-order chi connectivity index (χ0) is 18.2. The summed E-state index contributed by atoms with van der Waals surface area (Å²) < 4.78 is 16.5. The van der Waals surface area contributed by atoms with Gasteiger partial charge in [0.25, 0.3) is 0 Å². The summed E-state index contributed by atoms with van der Waals surface area (Å²) >= 11 is 0. The Labute approximate surface area is 150 Å². The summed E-state index contributed by atoms with van der Waals surface area (Å²) in [5.41, 5.74) is 9.71. The first-order valence-corrected chi connectivity index (χ1v) is 8.77. The second-order valence-corrected chi connectivity index (χ2v) is 6.19. The van der Waals surface area contributed by atoms with Gasteiger partial charge in [0.15, 0.2) is 11.5 Å². The minimum Gasteiger partial charge on any atom is -0.497 e. The molecule has 0 spiro atoms. The fraction of sp³-hybridized carbons (Fsp3) is 0.429. The summed E-state index contributed by atoms with van der Waals surface area (Å²) in [4.78, 5) is 0. The Bertz CT molecular complexity index is 685. The third kappa shape index (κ3) is 4.89. The standard InChI is InChI=1S/C21H29NO3/c1-5-10-25-20-9-6-16(13-21(20)24-4)12-17(14-22)19-8-7-18(23-3)11-15(19)2/h6-9,11,13,17H,5,10,12,14,22H2,1-4H3. The molecule has 0 aliphatic carbocycles. The molecule has 0 aliphatic rings. The summed E-state index contributed by atoms with van der Waals surface area (Å²) in [5, 5.41) is 0. The van der Waals surface area contributed by atoms with Crippen molar-refractivity contribution in [1.82, 2.24) is 0 Å². The Morgan fingerprint density at radius 3 is 2.40 bits per heavy atom. The molecule has 2 rings (SSSR count). The van der Waals surface area contributed by atoms with E-state index in [0.717, 1.165) is 30.1 Å². The van der Waals surface area contributed by atoms with E-state index in [2.05, 4.69) is 32.0 Å². The van der Waals surface area contributed by atoms with Gasteiger partial charge < -0.3 is 19.9 Å². The molecule has 0 amide bonds. The number of benzene rings is 2. The highest BCUT2D eigenvalue weighted by atomic mass is 16.5. The number of aryl methyl sites for hydroxylation is 1. The largest absolute Gasteiger partial charge is 0.497 e. The van der Waals surface area contributed by atoms with E-state index >= 15 is 0 Å². The maximum Gasteiger partial charge on any atom is 0.161 e. The highest BCUT2D eigenvalue weighted by Gasteiger charge is 2.15. The van der Waals surface area contributed by atoms with Gasteiger partial charge in [0, 0.05) is 5.92 Å². The molecule has 4 nitrogen and oxygen atoms in total. The Morgan fingerprint density at radius 2 is 1.80 bits per heavy atom. The fourth-order valence-corrected chi connectivity index (χ4v) is 3.01. The first kappa shape index (κ1) is 19.1. The molecular formula is C21H29NO3. The lowest BCUT2D eigenvalue weighted by atomic mass is 9.89. The molecule has 2 aromatic carbocycles. The molecule has 136 valence electrons. The van der Waals surface area contributed by atoms with Gasteiger partial charge in [-0.2, -0.15) is 0 Å². The molecule has 2 N–H and O–H groups in total. The average Bonchev–Trinajstić information content (AvgIpc) is 2.64. The zero-order valence-corrected chi connectivity index (χ0v) is 15.7. The average molecular weight is 343 g/mol. The molecule has 0 bridgehead atoms. The van der Waals surface area contributed by atoms with Crippen LogP contribution in [0.15, 0.2) is 36.4 Å². The highest BCUT2D eigenvalue weighted by molar-refractivity contribution is 5.44. The van der Waals surface area contributed by atoms with Crippen LogP contribution in [0, 0.1) is 6.92 Å². The van der Waals surface area contributed by atoms with Gasteiger partial charge >= 0.3 is 0 Å². The van der Waals surface area contributed by atoms with Gasteiger partial charge in [0.1, 0.15) is 5.75 Å². The molecule has 25 heavy (non-hydrogen) atoms. The van der Waals surface area contributed by atoms with Crippen LogP contribution in [0.2, 0.25) is 0 Å². The molecule has 2 aromatic rings. The molecule has 1 unspecified atom stereocenters. The van der Waals surface area contributed by atoms with Gasteiger partial charge in [0.05, 0.1) is 20.8 Å². The summed E-state index contributed by atoms with van der Waals surface area (Å²) in [5.74, 6) is 2.68. The smallest absolute Gasteiger partial charge is 0.161 e. The third-order valence-corrected chi connectivity index (χ3v) is 4.37. The summed E-state index contributed by atoms with van der Waals surface area (Å²) in [6.07, 6.45) is 1.82. The maximum absolute atomic E-state index is 6.07. The Kier molecular flexibility index (Phi) is 7.14. The van der Waals surface area contributed by atoms with Crippen LogP contribution in [-0.2, 0) is 6.42 Å². The van der Waals surface area contributed by atoms with Crippen molar-refractivity contribution >= 4 is 0 Å². The van der Waals surface area contributed by atoms with Crippen molar-refractivity contribution in [3.8, 4) is 17.2 Å². The number of hydrogen-bond donors (Lipinski definition) is 1. The lowest BCUT2D eigenvalue weighted by Crippen LogP contribution is -2.16. The van der Waals surface area contributed by atoms with Crippen molar-refractivity contribution in [3.63, 3.8) is 0 Å². The van der Waals surface area contributed by atoms with Gasteiger partial charge in [-0.25, -0.2) is 0 Å². The molecule has 0 fully saturated rings. The second-order valence-electron chi connectivity index (χ2n) is 6.19. The van der Waals surface area contributed by atoms with Crippen molar-refractivity contribution in [2.45, 2.75) is 32.6 Å². The van der Waals surface area contributed by atoms with Gasteiger partial charge in [-0.05, 0) is 67.3 Å². The van der Waals surface area contributed by atoms with Gasteiger partial charge in [-0.1, -0.05) is 19.1 Å². The molecule has 0 aliphatic heterocycles. The molecule has 1 atom stereocenters. The molecule has 4 heteroatoms. The number of hydrogen-bond acceptors (Lipinski definition) is 4. The topological polar surface area (TPSA) is 53.7 Å². The summed E-state index contributed by atoms with van der Waals surface area (Å²) in [6.45, 7) is 5.46. The molecule has 0 radical (unpaired) electrons. The third-order valence-electron chi connectivity index (χ3n) is 4.37. The highest BCUT2D eigenvalue weighted by Crippen LogP contribution is 2.31. The Morgan fingerprint density at radius 1 is 1.00 bits per heavy atom. The fourth-order valence-electron chi connectivity index (χ4n) is 3.01. The van der Waals surface area contributed by atoms with E-state index in [9.17, 15) is 0 Å². The maximum atomic E-state index is 6.07. The van der Waals surface area contributed by atoms with E-state index in [1.165, 1.54) is 16.7 Å². The number of rotatable bonds is 9. The predicted octanol–water partition coefficient (Wildman–Crippen LogP) is 4.09. The number of nitrogens with two attached hydrogens (primary N) is 1. The van der Waals surface area contributed by atoms with Crippen LogP contribution in [0.5, 0.6) is 17.2 Å². The van der Waals surface area contributed by atoms with E-state index in [0.29, 0.717) is 13.2 Å². The summed E-state index contributed by atoms with van der Waals surface area (Å²) in [7, 11) is 3.36. The Balaban J connectivity index is 2.21. The zero-order valence-electron chi connectivity index (χ0n) is 15.7. The second kappa shape index (κ2) is 9.33. The van der Waals surface area contributed by atoms with Crippen molar-refractivity contribution in [3.05, 3.63) is 53.1 Å². The van der Waals surface area contributed by atoms with E-state index in [1.807, 2.05) is 18.2 Å². The van der Waals surface area contributed by atoms with Gasteiger partial charge in [0.2, 0.25) is 0 Å². The van der Waals surface area contributed by atoms with Crippen LogP contribution in [0.4, 0.5) is 0 Å². The first-order chi connectivity index (χ1) is 12.1. The predicted molar refractivity (Wildman–Crippen MR) is 102 cm³/mol. The van der Waals surface area contributed by atoms with Crippen molar-refractivity contribution in [2.24, 2.45) is 5.73 Å².